The number of thioether (sulfide) groups is 1. The molecule has 0 fully saturated rings. The number of carbonyl (C=O) groups excluding carboxylic acids is 1. The van der Waals surface area contributed by atoms with Crippen molar-refractivity contribution in [3.05, 3.63) is 57.0 Å². The lowest BCUT2D eigenvalue weighted by Gasteiger charge is -2.12. The summed E-state index contributed by atoms with van der Waals surface area (Å²) in [5.41, 5.74) is 3.83. The second-order valence-corrected chi connectivity index (χ2v) is 8.70. The standard InChI is InChI=1S/C22H31N3O2S/c1-15(2)14-23-20(26)10-7-11-28-22-24-17(4)19(21(27)25(22)5)13-18-9-6-8-16(3)12-18/h6,8-9,12,15H,7,10-11,13-14H2,1-5H3,(H,23,26). The van der Waals surface area contributed by atoms with E-state index in [4.69, 9.17) is 0 Å². The third-order valence-corrected chi connectivity index (χ3v) is 5.62. The van der Waals surface area contributed by atoms with E-state index in [1.807, 2.05) is 19.1 Å². The second-order valence-electron chi connectivity index (χ2n) is 7.64. The molecule has 0 aliphatic heterocycles. The predicted octanol–water partition coefficient (Wildman–Crippen LogP) is 3.63. The highest BCUT2D eigenvalue weighted by Crippen LogP contribution is 2.18. The van der Waals surface area contributed by atoms with Gasteiger partial charge in [0.1, 0.15) is 0 Å². The van der Waals surface area contributed by atoms with Crippen molar-refractivity contribution in [3.8, 4) is 0 Å². The zero-order chi connectivity index (χ0) is 20.7. The number of aromatic nitrogens is 2. The first-order chi connectivity index (χ1) is 13.3. The van der Waals surface area contributed by atoms with E-state index in [1.165, 1.54) is 17.3 Å². The minimum absolute atomic E-state index is 0.00572. The summed E-state index contributed by atoms with van der Waals surface area (Å²) in [5, 5.41) is 3.63. The van der Waals surface area contributed by atoms with Crippen LogP contribution in [-0.4, -0.2) is 27.8 Å². The molecule has 0 aliphatic carbocycles. The van der Waals surface area contributed by atoms with E-state index in [0.29, 0.717) is 30.5 Å². The molecule has 6 heteroatoms. The molecule has 0 atom stereocenters. The number of hydrogen-bond acceptors (Lipinski definition) is 4. The molecule has 0 radical (unpaired) electrons. The van der Waals surface area contributed by atoms with Crippen LogP contribution in [0.5, 0.6) is 0 Å². The Morgan fingerprint density at radius 1 is 1.29 bits per heavy atom. The number of aryl methyl sites for hydroxylation is 2. The quantitative estimate of drug-likeness (QED) is 0.396. The van der Waals surface area contributed by atoms with Crippen LogP contribution in [0.25, 0.3) is 0 Å². The van der Waals surface area contributed by atoms with Crippen molar-refractivity contribution in [2.24, 2.45) is 13.0 Å². The van der Waals surface area contributed by atoms with Gasteiger partial charge in [0.05, 0.1) is 0 Å². The van der Waals surface area contributed by atoms with E-state index in [1.54, 1.807) is 11.6 Å². The molecule has 0 saturated carbocycles. The van der Waals surface area contributed by atoms with Crippen LogP contribution in [0.1, 0.15) is 49.1 Å². The second kappa shape index (κ2) is 10.5. The Bertz CT molecular complexity index is 875. The minimum Gasteiger partial charge on any atom is -0.356 e. The highest BCUT2D eigenvalue weighted by atomic mass is 32.2. The molecule has 1 heterocycles. The van der Waals surface area contributed by atoms with Crippen molar-refractivity contribution in [3.63, 3.8) is 0 Å². The predicted molar refractivity (Wildman–Crippen MR) is 116 cm³/mol. The van der Waals surface area contributed by atoms with Gasteiger partial charge in [-0.3, -0.25) is 14.2 Å². The zero-order valence-electron chi connectivity index (χ0n) is 17.5. The minimum atomic E-state index is 0.00572. The van der Waals surface area contributed by atoms with Gasteiger partial charge in [-0.1, -0.05) is 55.4 Å². The molecule has 0 spiro atoms. The highest BCUT2D eigenvalue weighted by molar-refractivity contribution is 7.99. The average molecular weight is 402 g/mol. The van der Waals surface area contributed by atoms with E-state index in [2.05, 4.69) is 43.2 Å². The van der Waals surface area contributed by atoms with Gasteiger partial charge in [-0.25, -0.2) is 4.98 Å². The number of carbonyl (C=O) groups is 1. The summed E-state index contributed by atoms with van der Waals surface area (Å²) in [6, 6.07) is 8.21. The number of nitrogens with one attached hydrogen (secondary N) is 1. The number of nitrogens with zero attached hydrogens (tertiary/aromatic N) is 2. The summed E-state index contributed by atoms with van der Waals surface area (Å²) >= 11 is 1.53. The van der Waals surface area contributed by atoms with Crippen molar-refractivity contribution in [1.29, 1.82) is 0 Å². The van der Waals surface area contributed by atoms with E-state index in [0.717, 1.165) is 29.0 Å². The average Bonchev–Trinajstić information content (AvgIpc) is 2.64. The van der Waals surface area contributed by atoms with Crippen LogP contribution in [0.4, 0.5) is 0 Å². The summed E-state index contributed by atoms with van der Waals surface area (Å²) in [6.45, 7) is 8.82. The van der Waals surface area contributed by atoms with E-state index in [-0.39, 0.29) is 11.5 Å². The van der Waals surface area contributed by atoms with Crippen LogP contribution >= 0.6 is 11.8 Å². The van der Waals surface area contributed by atoms with Gasteiger partial charge < -0.3 is 5.32 Å². The van der Waals surface area contributed by atoms with Crippen LogP contribution in [-0.2, 0) is 18.3 Å². The fourth-order valence-electron chi connectivity index (χ4n) is 2.89. The molecular formula is C22H31N3O2S. The Labute approximate surface area is 172 Å². The molecule has 0 unspecified atom stereocenters. The Kier molecular flexibility index (Phi) is 8.30. The van der Waals surface area contributed by atoms with Gasteiger partial charge >= 0.3 is 0 Å². The summed E-state index contributed by atoms with van der Waals surface area (Å²) in [7, 11) is 1.77. The Morgan fingerprint density at radius 3 is 2.71 bits per heavy atom. The van der Waals surface area contributed by atoms with Crippen LogP contribution in [0.2, 0.25) is 0 Å². The number of benzene rings is 1. The third-order valence-electron chi connectivity index (χ3n) is 4.50. The fraction of sp³-hybridized carbons (Fsp3) is 0.500. The Morgan fingerprint density at radius 2 is 2.04 bits per heavy atom. The molecule has 28 heavy (non-hydrogen) atoms. The lowest BCUT2D eigenvalue weighted by Crippen LogP contribution is -2.27. The number of rotatable bonds is 9. The lowest BCUT2D eigenvalue weighted by atomic mass is 10.0. The number of amides is 1. The van der Waals surface area contributed by atoms with E-state index >= 15 is 0 Å². The molecule has 2 rings (SSSR count). The molecular weight excluding hydrogens is 370 g/mol. The topological polar surface area (TPSA) is 64.0 Å². The van der Waals surface area contributed by atoms with E-state index < -0.39 is 0 Å². The summed E-state index contributed by atoms with van der Waals surface area (Å²) in [4.78, 5) is 29.3. The largest absolute Gasteiger partial charge is 0.356 e. The molecule has 1 N–H and O–H groups in total. The Hall–Kier alpha value is -2.08. The van der Waals surface area contributed by atoms with Crippen molar-refractivity contribution >= 4 is 17.7 Å². The lowest BCUT2D eigenvalue weighted by molar-refractivity contribution is -0.121. The molecule has 5 nitrogen and oxygen atoms in total. The molecule has 0 aliphatic rings. The van der Waals surface area contributed by atoms with E-state index in [9.17, 15) is 9.59 Å². The van der Waals surface area contributed by atoms with Gasteiger partial charge in [0.25, 0.3) is 5.56 Å². The molecule has 0 bridgehead atoms. The Balaban J connectivity index is 1.98. The summed E-state index contributed by atoms with van der Waals surface area (Å²) in [5.74, 6) is 1.30. The van der Waals surface area contributed by atoms with Crippen molar-refractivity contribution in [2.75, 3.05) is 12.3 Å². The molecule has 1 aromatic carbocycles. The SMILES string of the molecule is Cc1cccc(Cc2c(C)nc(SCCCC(=O)NCC(C)C)n(C)c2=O)c1. The highest BCUT2D eigenvalue weighted by Gasteiger charge is 2.13. The normalized spacial score (nSPS) is 11.1. The smallest absolute Gasteiger partial charge is 0.257 e. The van der Waals surface area contributed by atoms with Gasteiger partial charge in [0.2, 0.25) is 5.91 Å². The first-order valence-electron chi connectivity index (χ1n) is 9.79. The first kappa shape index (κ1) is 22.2. The molecule has 152 valence electrons. The number of hydrogen-bond donors (Lipinski definition) is 1. The van der Waals surface area contributed by atoms with Crippen molar-refractivity contribution < 1.29 is 4.79 Å². The van der Waals surface area contributed by atoms with Crippen molar-refractivity contribution in [2.45, 2.75) is 52.1 Å². The summed E-state index contributed by atoms with van der Waals surface area (Å²) < 4.78 is 1.63. The monoisotopic (exact) mass is 401 g/mol. The fourth-order valence-corrected chi connectivity index (χ4v) is 3.84. The molecule has 0 saturated heterocycles. The molecule has 1 aromatic heterocycles. The van der Waals surface area contributed by atoms with Crippen LogP contribution in [0.3, 0.4) is 0 Å². The first-order valence-corrected chi connectivity index (χ1v) is 10.8. The third kappa shape index (κ3) is 6.51. The van der Waals surface area contributed by atoms with Gasteiger partial charge in [-0.2, -0.15) is 0 Å². The maximum atomic E-state index is 12.8. The van der Waals surface area contributed by atoms with Gasteiger partial charge in [0, 0.05) is 43.4 Å². The molecule has 2 aromatic rings. The van der Waals surface area contributed by atoms with Crippen LogP contribution < -0.4 is 10.9 Å². The summed E-state index contributed by atoms with van der Waals surface area (Å²) in [6.07, 6.45) is 1.85. The zero-order valence-corrected chi connectivity index (χ0v) is 18.4. The van der Waals surface area contributed by atoms with Gasteiger partial charge in [0.15, 0.2) is 5.16 Å². The molecule has 1 amide bonds. The maximum Gasteiger partial charge on any atom is 0.257 e. The van der Waals surface area contributed by atoms with Crippen molar-refractivity contribution in [1.82, 2.24) is 14.9 Å². The van der Waals surface area contributed by atoms with Gasteiger partial charge in [-0.05, 0) is 31.7 Å². The van der Waals surface area contributed by atoms with Crippen LogP contribution in [0.15, 0.2) is 34.2 Å². The maximum absolute atomic E-state index is 12.8. The van der Waals surface area contributed by atoms with Gasteiger partial charge in [-0.15, -0.1) is 0 Å². The van der Waals surface area contributed by atoms with Crippen LogP contribution in [0, 0.1) is 19.8 Å².